The Morgan fingerprint density at radius 3 is 2.63 bits per heavy atom. The minimum atomic E-state index is -0.482. The molecule has 0 saturated heterocycles. The van der Waals surface area contributed by atoms with Gasteiger partial charge in [-0.2, -0.15) is 10.4 Å². The molecule has 0 saturated carbocycles. The number of carbonyl (C=O) groups excluding carboxylic acids is 1. The van der Waals surface area contributed by atoms with E-state index in [1.807, 2.05) is 60.7 Å². The molecule has 7 nitrogen and oxygen atoms in total. The van der Waals surface area contributed by atoms with Crippen LogP contribution in [-0.4, -0.2) is 15.7 Å². The van der Waals surface area contributed by atoms with Gasteiger partial charge in [-0.25, -0.2) is 4.68 Å². The quantitative estimate of drug-likeness (QED) is 0.378. The van der Waals surface area contributed by atoms with Crippen LogP contribution in [0.15, 0.2) is 77.3 Å². The zero-order valence-corrected chi connectivity index (χ0v) is 17.7. The number of nitrogens with zero attached hydrogens (tertiary/aromatic N) is 3. The summed E-state index contributed by atoms with van der Waals surface area (Å²) in [6.07, 6.45) is 1.41. The summed E-state index contributed by atoms with van der Waals surface area (Å²) < 4.78 is 13.9. The molecule has 4 aromatic rings. The molecule has 148 valence electrons. The Morgan fingerprint density at radius 2 is 1.90 bits per heavy atom. The van der Waals surface area contributed by atoms with Crippen LogP contribution >= 0.6 is 22.6 Å². The third-order valence-corrected chi connectivity index (χ3v) is 4.92. The Bertz CT molecular complexity index is 1210. The van der Waals surface area contributed by atoms with Gasteiger partial charge in [0, 0.05) is 3.57 Å². The van der Waals surface area contributed by atoms with Gasteiger partial charge >= 0.3 is 0 Å². The van der Waals surface area contributed by atoms with Crippen molar-refractivity contribution in [2.24, 2.45) is 0 Å². The molecule has 0 fully saturated rings. The smallest absolute Gasteiger partial charge is 0.292 e. The number of nitriles is 1. The minimum Gasteiger partial charge on any atom is -0.486 e. The fourth-order valence-corrected chi connectivity index (χ4v) is 3.11. The van der Waals surface area contributed by atoms with Crippen molar-refractivity contribution in [2.45, 2.75) is 6.61 Å². The predicted octanol–water partition coefficient (Wildman–Crippen LogP) is 4.77. The van der Waals surface area contributed by atoms with Crippen molar-refractivity contribution in [3.8, 4) is 17.5 Å². The average Bonchev–Trinajstić information content (AvgIpc) is 3.41. The van der Waals surface area contributed by atoms with Gasteiger partial charge in [0.2, 0.25) is 0 Å². The Balaban J connectivity index is 1.48. The number of hydrogen-bond donors (Lipinski definition) is 1. The van der Waals surface area contributed by atoms with Crippen LogP contribution in [0.1, 0.15) is 21.9 Å². The number of benzene rings is 2. The lowest BCUT2D eigenvalue weighted by atomic mass is 10.3. The van der Waals surface area contributed by atoms with Gasteiger partial charge in [-0.15, -0.1) is 0 Å². The van der Waals surface area contributed by atoms with Crippen molar-refractivity contribution in [3.05, 3.63) is 93.6 Å². The Kier molecular flexibility index (Phi) is 5.81. The van der Waals surface area contributed by atoms with E-state index in [9.17, 15) is 10.1 Å². The summed E-state index contributed by atoms with van der Waals surface area (Å²) >= 11 is 2.22. The molecule has 30 heavy (non-hydrogen) atoms. The number of furan rings is 1. The molecule has 0 spiro atoms. The number of nitrogens with one attached hydrogen (secondary N) is 1. The maximum atomic E-state index is 12.7. The van der Waals surface area contributed by atoms with Crippen LogP contribution in [-0.2, 0) is 6.61 Å². The highest BCUT2D eigenvalue weighted by Gasteiger charge is 2.18. The summed E-state index contributed by atoms with van der Waals surface area (Å²) in [5.74, 6) is 1.13. The van der Waals surface area contributed by atoms with Crippen molar-refractivity contribution in [2.75, 3.05) is 5.32 Å². The maximum Gasteiger partial charge on any atom is 0.292 e. The van der Waals surface area contributed by atoms with Crippen molar-refractivity contribution in [1.82, 2.24) is 9.78 Å². The predicted molar refractivity (Wildman–Crippen MR) is 118 cm³/mol. The largest absolute Gasteiger partial charge is 0.486 e. The van der Waals surface area contributed by atoms with E-state index in [4.69, 9.17) is 9.15 Å². The number of halogens is 1. The van der Waals surface area contributed by atoms with Crippen LogP contribution in [0.4, 0.5) is 5.82 Å². The molecule has 0 unspecified atom stereocenters. The van der Waals surface area contributed by atoms with E-state index >= 15 is 0 Å². The second-order valence-electron chi connectivity index (χ2n) is 6.23. The number of rotatable bonds is 6. The number of carbonyl (C=O) groups is 1. The van der Waals surface area contributed by atoms with E-state index in [2.05, 4.69) is 33.0 Å². The van der Waals surface area contributed by atoms with Crippen molar-refractivity contribution >= 4 is 34.3 Å². The highest BCUT2D eigenvalue weighted by molar-refractivity contribution is 14.1. The molecule has 1 amide bonds. The first-order valence-electron chi connectivity index (χ1n) is 8.96. The first-order chi connectivity index (χ1) is 14.6. The normalized spacial score (nSPS) is 10.4. The molecule has 8 heteroatoms. The van der Waals surface area contributed by atoms with Gasteiger partial charge < -0.3 is 14.5 Å². The molecular weight excluding hydrogens is 495 g/mol. The zero-order valence-electron chi connectivity index (χ0n) is 15.6. The van der Waals surface area contributed by atoms with Crippen LogP contribution in [0.2, 0.25) is 0 Å². The molecule has 0 radical (unpaired) electrons. The maximum absolute atomic E-state index is 12.7. The van der Waals surface area contributed by atoms with Gasteiger partial charge in [0.25, 0.3) is 5.91 Å². The fourth-order valence-electron chi connectivity index (χ4n) is 2.75. The number of anilines is 1. The van der Waals surface area contributed by atoms with Gasteiger partial charge in [0.15, 0.2) is 11.6 Å². The summed E-state index contributed by atoms with van der Waals surface area (Å²) in [7, 11) is 0. The van der Waals surface area contributed by atoms with E-state index in [0.29, 0.717) is 11.5 Å². The van der Waals surface area contributed by atoms with Crippen LogP contribution in [0.5, 0.6) is 5.75 Å². The molecule has 4 rings (SSSR count). The van der Waals surface area contributed by atoms with Crippen LogP contribution in [0.3, 0.4) is 0 Å². The number of ether oxygens (including phenoxy) is 1. The number of aromatic nitrogens is 2. The number of para-hydroxylation sites is 1. The first kappa shape index (κ1) is 19.7. The average molecular weight is 510 g/mol. The molecule has 0 aliphatic rings. The molecule has 2 aromatic carbocycles. The summed E-state index contributed by atoms with van der Waals surface area (Å²) in [5, 5.41) is 16.3. The summed E-state index contributed by atoms with van der Waals surface area (Å²) in [5.41, 5.74) is 0.974. The molecule has 2 aromatic heterocycles. The van der Waals surface area contributed by atoms with Gasteiger partial charge in [-0.1, -0.05) is 18.2 Å². The monoisotopic (exact) mass is 510 g/mol. The highest BCUT2D eigenvalue weighted by atomic mass is 127. The SMILES string of the molecule is N#Cc1cnn(-c2ccccc2)c1NC(=O)c1ccc(COc2ccc(I)cc2)o1. The Labute approximate surface area is 186 Å². The molecule has 2 heterocycles. The topological polar surface area (TPSA) is 93.1 Å². The molecule has 0 aliphatic heterocycles. The summed E-state index contributed by atoms with van der Waals surface area (Å²) in [6, 6.07) is 22.1. The van der Waals surface area contributed by atoms with Crippen LogP contribution in [0, 0.1) is 14.9 Å². The van der Waals surface area contributed by atoms with Crippen LogP contribution in [0.25, 0.3) is 5.69 Å². The van der Waals surface area contributed by atoms with E-state index < -0.39 is 5.91 Å². The van der Waals surface area contributed by atoms with E-state index in [0.717, 1.165) is 9.26 Å². The fraction of sp³-hybridized carbons (Fsp3) is 0.0455. The summed E-state index contributed by atoms with van der Waals surface area (Å²) in [4.78, 5) is 12.7. The van der Waals surface area contributed by atoms with Crippen molar-refractivity contribution < 1.29 is 13.9 Å². The van der Waals surface area contributed by atoms with E-state index in [1.165, 1.54) is 10.9 Å². The van der Waals surface area contributed by atoms with Gasteiger partial charge in [-0.3, -0.25) is 4.79 Å². The molecular formula is C22H15IN4O3. The standard InChI is InChI=1S/C22H15IN4O3/c23-16-6-8-18(9-7-16)29-14-19-10-11-20(30-19)22(28)26-21-15(12-24)13-25-27(21)17-4-2-1-3-5-17/h1-11,13H,14H2,(H,26,28). The third kappa shape index (κ3) is 4.36. The third-order valence-electron chi connectivity index (χ3n) is 4.20. The highest BCUT2D eigenvalue weighted by Crippen LogP contribution is 2.21. The molecule has 0 aliphatic carbocycles. The second-order valence-corrected chi connectivity index (χ2v) is 7.47. The first-order valence-corrected chi connectivity index (χ1v) is 10.0. The molecule has 1 N–H and O–H groups in total. The van der Waals surface area contributed by atoms with Crippen LogP contribution < -0.4 is 10.1 Å². The lowest BCUT2D eigenvalue weighted by Gasteiger charge is -2.08. The van der Waals surface area contributed by atoms with E-state index in [-0.39, 0.29) is 23.7 Å². The Hall–Kier alpha value is -3.58. The van der Waals surface area contributed by atoms with Crippen molar-refractivity contribution in [1.29, 1.82) is 5.26 Å². The molecule has 0 bridgehead atoms. The number of hydrogen-bond acceptors (Lipinski definition) is 5. The minimum absolute atomic E-state index is 0.112. The number of amides is 1. The van der Waals surface area contributed by atoms with Gasteiger partial charge in [0.1, 0.15) is 29.7 Å². The van der Waals surface area contributed by atoms with E-state index in [1.54, 1.807) is 12.1 Å². The lowest BCUT2D eigenvalue weighted by Crippen LogP contribution is -2.15. The zero-order chi connectivity index (χ0) is 20.9. The Morgan fingerprint density at radius 1 is 1.13 bits per heavy atom. The summed E-state index contributed by atoms with van der Waals surface area (Å²) in [6.45, 7) is 0.194. The molecule has 0 atom stereocenters. The second kappa shape index (κ2) is 8.84. The lowest BCUT2D eigenvalue weighted by molar-refractivity contribution is 0.0992. The van der Waals surface area contributed by atoms with Gasteiger partial charge in [-0.05, 0) is 71.1 Å². The van der Waals surface area contributed by atoms with Gasteiger partial charge in [0.05, 0.1) is 11.9 Å². The van der Waals surface area contributed by atoms with Crippen molar-refractivity contribution in [3.63, 3.8) is 0 Å².